The van der Waals surface area contributed by atoms with E-state index in [1.165, 1.54) is 35.8 Å². The van der Waals surface area contributed by atoms with E-state index >= 15 is 0 Å². The lowest BCUT2D eigenvalue weighted by atomic mass is 10.1. The minimum Gasteiger partial charge on any atom is -0.478 e. The highest BCUT2D eigenvalue weighted by molar-refractivity contribution is 7.14. The number of aromatic carboxylic acids is 1. The molecule has 5 nitrogen and oxygen atoms in total. The molecular formula is C17H12FN3O2S. The van der Waals surface area contributed by atoms with Crippen LogP contribution in [0.15, 0.2) is 59.0 Å². The molecule has 0 saturated carbocycles. The van der Waals surface area contributed by atoms with Gasteiger partial charge >= 0.3 is 5.97 Å². The van der Waals surface area contributed by atoms with E-state index in [1.54, 1.807) is 30.3 Å². The minimum atomic E-state index is -1.01. The van der Waals surface area contributed by atoms with Gasteiger partial charge in [-0.1, -0.05) is 18.2 Å². The first-order valence-corrected chi connectivity index (χ1v) is 7.84. The summed E-state index contributed by atoms with van der Waals surface area (Å²) in [6.07, 6.45) is 1.43. The van der Waals surface area contributed by atoms with Crippen LogP contribution in [0.5, 0.6) is 0 Å². The van der Waals surface area contributed by atoms with Crippen LogP contribution in [-0.2, 0) is 0 Å². The SMILES string of the molecule is O=C(O)c1ccccc1/C=N\Nc1nc(-c2ccc(F)cc2)cs1. The average Bonchev–Trinajstić information content (AvgIpc) is 3.05. The number of rotatable bonds is 5. The van der Waals surface area contributed by atoms with Crippen LogP contribution in [0.2, 0.25) is 0 Å². The van der Waals surface area contributed by atoms with Crippen molar-refractivity contribution in [1.29, 1.82) is 0 Å². The molecule has 0 radical (unpaired) electrons. The van der Waals surface area contributed by atoms with E-state index in [9.17, 15) is 9.18 Å². The van der Waals surface area contributed by atoms with Crippen molar-refractivity contribution in [2.75, 3.05) is 5.43 Å². The topological polar surface area (TPSA) is 74.6 Å². The Morgan fingerprint density at radius 3 is 2.71 bits per heavy atom. The van der Waals surface area contributed by atoms with E-state index < -0.39 is 5.97 Å². The Hall–Kier alpha value is -3.06. The standard InChI is InChI=1S/C17H12FN3O2S/c18-13-7-5-11(6-8-13)15-10-24-17(20-15)21-19-9-12-3-1-2-4-14(12)16(22)23/h1-10H,(H,20,21)(H,22,23)/b19-9-. The van der Waals surface area contributed by atoms with Crippen LogP contribution in [0.25, 0.3) is 11.3 Å². The molecular weight excluding hydrogens is 329 g/mol. The first-order valence-electron chi connectivity index (χ1n) is 6.96. The van der Waals surface area contributed by atoms with Gasteiger partial charge in [0.05, 0.1) is 17.5 Å². The van der Waals surface area contributed by atoms with E-state index in [2.05, 4.69) is 15.5 Å². The lowest BCUT2D eigenvalue weighted by Crippen LogP contribution is -2.02. The third kappa shape index (κ3) is 3.64. The van der Waals surface area contributed by atoms with Gasteiger partial charge in [0.2, 0.25) is 5.13 Å². The van der Waals surface area contributed by atoms with Crippen LogP contribution < -0.4 is 5.43 Å². The number of halogens is 1. The van der Waals surface area contributed by atoms with Crippen LogP contribution in [0.4, 0.5) is 9.52 Å². The molecule has 0 amide bonds. The monoisotopic (exact) mass is 341 g/mol. The predicted octanol–water partition coefficient (Wildman–Crippen LogP) is 4.09. The molecule has 7 heteroatoms. The summed E-state index contributed by atoms with van der Waals surface area (Å²) in [4.78, 5) is 15.5. The Labute approximate surface area is 141 Å². The Morgan fingerprint density at radius 2 is 1.96 bits per heavy atom. The van der Waals surface area contributed by atoms with Crippen molar-refractivity contribution in [1.82, 2.24) is 4.98 Å². The molecule has 0 aliphatic carbocycles. The molecule has 0 unspecified atom stereocenters. The number of nitrogens with zero attached hydrogens (tertiary/aromatic N) is 2. The van der Waals surface area contributed by atoms with Crippen molar-refractivity contribution < 1.29 is 14.3 Å². The van der Waals surface area contributed by atoms with Crippen molar-refractivity contribution in [3.63, 3.8) is 0 Å². The fourth-order valence-electron chi connectivity index (χ4n) is 2.04. The van der Waals surface area contributed by atoms with Gasteiger partial charge < -0.3 is 5.11 Å². The molecule has 0 aliphatic heterocycles. The van der Waals surface area contributed by atoms with E-state index in [0.29, 0.717) is 16.4 Å². The molecule has 0 atom stereocenters. The lowest BCUT2D eigenvalue weighted by molar-refractivity contribution is 0.0697. The molecule has 1 heterocycles. The van der Waals surface area contributed by atoms with Crippen LogP contribution in [-0.4, -0.2) is 22.3 Å². The number of anilines is 1. The van der Waals surface area contributed by atoms with Gasteiger partial charge in [-0.25, -0.2) is 14.2 Å². The smallest absolute Gasteiger partial charge is 0.336 e. The van der Waals surface area contributed by atoms with Gasteiger partial charge in [0.25, 0.3) is 0 Å². The van der Waals surface area contributed by atoms with Crippen molar-refractivity contribution in [3.8, 4) is 11.3 Å². The Kier molecular flexibility index (Phi) is 4.62. The Bertz CT molecular complexity index is 891. The van der Waals surface area contributed by atoms with Gasteiger partial charge in [-0.15, -0.1) is 11.3 Å². The summed E-state index contributed by atoms with van der Waals surface area (Å²) in [5, 5.41) is 15.5. The molecule has 0 aliphatic rings. The van der Waals surface area contributed by atoms with Crippen molar-refractivity contribution >= 4 is 28.7 Å². The number of carbonyl (C=O) groups is 1. The summed E-state index contributed by atoms with van der Waals surface area (Å²) in [5.41, 5.74) is 4.96. The molecule has 0 saturated heterocycles. The number of thiazole rings is 1. The lowest BCUT2D eigenvalue weighted by Gasteiger charge is -1.99. The second kappa shape index (κ2) is 7.01. The van der Waals surface area contributed by atoms with Crippen LogP contribution in [0, 0.1) is 5.82 Å². The quantitative estimate of drug-likeness (QED) is 0.541. The van der Waals surface area contributed by atoms with Gasteiger partial charge in [0.1, 0.15) is 5.82 Å². The fourth-order valence-corrected chi connectivity index (χ4v) is 2.71. The molecule has 120 valence electrons. The van der Waals surface area contributed by atoms with E-state index in [0.717, 1.165) is 5.56 Å². The molecule has 1 aromatic heterocycles. The average molecular weight is 341 g/mol. The summed E-state index contributed by atoms with van der Waals surface area (Å²) < 4.78 is 12.9. The molecule has 2 N–H and O–H groups in total. The zero-order valence-corrected chi connectivity index (χ0v) is 13.1. The maximum atomic E-state index is 12.9. The number of carboxylic acids is 1. The van der Waals surface area contributed by atoms with Crippen LogP contribution >= 0.6 is 11.3 Å². The summed E-state index contributed by atoms with van der Waals surface area (Å²) in [6, 6.07) is 12.6. The third-order valence-corrected chi connectivity index (χ3v) is 3.95. The predicted molar refractivity (Wildman–Crippen MR) is 92.1 cm³/mol. The van der Waals surface area contributed by atoms with Crippen molar-refractivity contribution in [3.05, 3.63) is 70.9 Å². The second-order valence-corrected chi connectivity index (χ2v) is 5.67. The number of carboxylic acid groups (broad SMARTS) is 1. The second-order valence-electron chi connectivity index (χ2n) is 4.81. The first kappa shape index (κ1) is 15.8. The van der Waals surface area contributed by atoms with Crippen molar-refractivity contribution in [2.24, 2.45) is 5.10 Å². The van der Waals surface area contributed by atoms with Crippen LogP contribution in [0.1, 0.15) is 15.9 Å². The van der Waals surface area contributed by atoms with E-state index in [4.69, 9.17) is 5.11 Å². The highest BCUT2D eigenvalue weighted by Gasteiger charge is 2.07. The molecule has 3 aromatic rings. The van der Waals surface area contributed by atoms with Gasteiger partial charge in [0, 0.05) is 16.5 Å². The van der Waals surface area contributed by atoms with E-state index in [1.807, 2.05) is 5.38 Å². The number of aromatic nitrogens is 1. The number of hydrazone groups is 1. The van der Waals surface area contributed by atoms with Gasteiger partial charge in [0.15, 0.2) is 0 Å². The highest BCUT2D eigenvalue weighted by atomic mass is 32.1. The van der Waals surface area contributed by atoms with E-state index in [-0.39, 0.29) is 11.4 Å². The molecule has 0 spiro atoms. The molecule has 3 rings (SSSR count). The number of benzene rings is 2. The normalized spacial score (nSPS) is 10.9. The van der Waals surface area contributed by atoms with Gasteiger partial charge in [-0.3, -0.25) is 5.43 Å². The summed E-state index contributed by atoms with van der Waals surface area (Å²) >= 11 is 1.35. The largest absolute Gasteiger partial charge is 0.478 e. The highest BCUT2D eigenvalue weighted by Crippen LogP contribution is 2.24. The minimum absolute atomic E-state index is 0.175. The molecule has 0 fully saturated rings. The zero-order valence-electron chi connectivity index (χ0n) is 12.3. The van der Waals surface area contributed by atoms with Crippen LogP contribution in [0.3, 0.4) is 0 Å². The summed E-state index contributed by atoms with van der Waals surface area (Å²) in [5.74, 6) is -1.31. The van der Waals surface area contributed by atoms with Gasteiger partial charge in [-0.2, -0.15) is 5.10 Å². The molecule has 24 heavy (non-hydrogen) atoms. The molecule has 0 bridgehead atoms. The van der Waals surface area contributed by atoms with Crippen molar-refractivity contribution in [2.45, 2.75) is 0 Å². The summed E-state index contributed by atoms with van der Waals surface area (Å²) in [6.45, 7) is 0. The summed E-state index contributed by atoms with van der Waals surface area (Å²) in [7, 11) is 0. The maximum absolute atomic E-state index is 12.9. The Balaban J connectivity index is 1.72. The first-order chi connectivity index (χ1) is 11.6. The number of hydrogen-bond acceptors (Lipinski definition) is 5. The fraction of sp³-hybridized carbons (Fsp3) is 0. The van der Waals surface area contributed by atoms with Gasteiger partial charge in [-0.05, 0) is 30.3 Å². The third-order valence-electron chi connectivity index (χ3n) is 3.20. The Morgan fingerprint density at radius 1 is 1.21 bits per heavy atom. The number of hydrogen-bond donors (Lipinski definition) is 2. The zero-order chi connectivity index (χ0) is 16.9. The molecule has 2 aromatic carbocycles. The number of nitrogens with one attached hydrogen (secondary N) is 1. The maximum Gasteiger partial charge on any atom is 0.336 e.